The third-order valence-corrected chi connectivity index (χ3v) is 4.56. The molecule has 1 fully saturated rings. The summed E-state index contributed by atoms with van der Waals surface area (Å²) >= 11 is 1.40. The molecule has 120 valence electrons. The van der Waals surface area contributed by atoms with Crippen LogP contribution in [-0.4, -0.2) is 34.4 Å². The van der Waals surface area contributed by atoms with Crippen LogP contribution in [0.3, 0.4) is 0 Å². The smallest absolute Gasteiger partial charge is 0.412 e. The number of hydrogen-bond donors (Lipinski definition) is 0. The van der Waals surface area contributed by atoms with E-state index in [1.807, 2.05) is 31.2 Å². The Hall–Kier alpha value is -1.69. The van der Waals surface area contributed by atoms with Crippen molar-refractivity contribution in [2.24, 2.45) is 0 Å². The minimum atomic E-state index is -1.26. The molecule has 6 heteroatoms. The standard InChI is InChI=1S/C16H21NO4S/c1-10-5-7-11(8-6-10)13-17(12(9-22-13)14(18)19)15(20)21-16(2,3)4/h5-8,12-13H,9H2,1-4H3,(H,18,19)/p-1/t12-,13+/m1/s1. The average Bonchev–Trinajstić information content (AvgIpc) is 2.82. The molecule has 22 heavy (non-hydrogen) atoms. The zero-order chi connectivity index (χ0) is 16.5. The monoisotopic (exact) mass is 322 g/mol. The SMILES string of the molecule is Cc1ccc([C@@H]2SC[C@H](C(=O)[O-])N2C(=O)OC(C)(C)C)cc1. The van der Waals surface area contributed by atoms with Gasteiger partial charge in [0.1, 0.15) is 11.0 Å². The third kappa shape index (κ3) is 3.74. The van der Waals surface area contributed by atoms with Crippen molar-refractivity contribution in [1.29, 1.82) is 0 Å². The number of aliphatic carboxylic acids is 1. The van der Waals surface area contributed by atoms with E-state index in [1.54, 1.807) is 20.8 Å². The van der Waals surface area contributed by atoms with Gasteiger partial charge in [-0.05, 0) is 33.3 Å². The van der Waals surface area contributed by atoms with Crippen LogP contribution < -0.4 is 5.11 Å². The number of nitrogens with zero attached hydrogens (tertiary/aromatic N) is 1. The molecule has 1 aromatic rings. The summed E-state index contributed by atoms with van der Waals surface area (Å²) in [4.78, 5) is 25.0. The number of carboxylic acids is 1. The highest BCUT2D eigenvalue weighted by Gasteiger charge is 2.41. The molecule has 0 saturated carbocycles. The van der Waals surface area contributed by atoms with Gasteiger partial charge in [-0.15, -0.1) is 11.8 Å². The first-order chi connectivity index (χ1) is 10.2. The Labute approximate surface area is 134 Å². The van der Waals surface area contributed by atoms with Crippen molar-refractivity contribution in [1.82, 2.24) is 4.90 Å². The number of rotatable bonds is 2. The average molecular weight is 322 g/mol. The minimum Gasteiger partial charge on any atom is -0.548 e. The van der Waals surface area contributed by atoms with Crippen LogP contribution in [0.2, 0.25) is 0 Å². The second-order valence-electron chi connectivity index (χ2n) is 6.32. The number of carbonyl (C=O) groups excluding carboxylic acids is 2. The van der Waals surface area contributed by atoms with E-state index in [-0.39, 0.29) is 5.37 Å². The lowest BCUT2D eigenvalue weighted by molar-refractivity contribution is -0.310. The highest BCUT2D eigenvalue weighted by atomic mass is 32.2. The molecule has 2 rings (SSSR count). The van der Waals surface area contributed by atoms with E-state index in [2.05, 4.69) is 0 Å². The van der Waals surface area contributed by atoms with Crippen molar-refractivity contribution in [3.8, 4) is 0 Å². The molecule has 5 nitrogen and oxygen atoms in total. The van der Waals surface area contributed by atoms with Crippen LogP contribution in [0.25, 0.3) is 0 Å². The predicted octanol–water partition coefficient (Wildman–Crippen LogP) is 2.10. The molecular weight excluding hydrogens is 302 g/mol. The number of amides is 1. The van der Waals surface area contributed by atoms with Crippen molar-refractivity contribution < 1.29 is 19.4 Å². The first kappa shape index (κ1) is 16.7. The molecule has 1 aromatic carbocycles. The summed E-state index contributed by atoms with van der Waals surface area (Å²) in [5, 5.41) is 11.0. The maximum atomic E-state index is 12.4. The van der Waals surface area contributed by atoms with Crippen molar-refractivity contribution in [3.63, 3.8) is 0 Å². The molecule has 1 amide bonds. The maximum Gasteiger partial charge on any atom is 0.412 e. The fraction of sp³-hybridized carbons (Fsp3) is 0.500. The van der Waals surface area contributed by atoms with Gasteiger partial charge in [0, 0.05) is 5.75 Å². The summed E-state index contributed by atoms with van der Waals surface area (Å²) in [6, 6.07) is 6.71. The fourth-order valence-electron chi connectivity index (χ4n) is 2.21. The summed E-state index contributed by atoms with van der Waals surface area (Å²) in [7, 11) is 0. The van der Waals surface area contributed by atoms with Gasteiger partial charge >= 0.3 is 6.09 Å². The van der Waals surface area contributed by atoms with E-state index in [1.165, 1.54) is 16.7 Å². The van der Waals surface area contributed by atoms with Gasteiger partial charge in [-0.25, -0.2) is 4.79 Å². The van der Waals surface area contributed by atoms with E-state index < -0.39 is 23.7 Å². The van der Waals surface area contributed by atoms with E-state index in [0.29, 0.717) is 5.75 Å². The predicted molar refractivity (Wildman–Crippen MR) is 83.2 cm³/mol. The van der Waals surface area contributed by atoms with Crippen LogP contribution in [0.4, 0.5) is 4.79 Å². The minimum absolute atomic E-state index is 0.292. The van der Waals surface area contributed by atoms with Crippen LogP contribution >= 0.6 is 11.8 Å². The topological polar surface area (TPSA) is 69.7 Å². The Balaban J connectivity index is 2.30. The van der Waals surface area contributed by atoms with Gasteiger partial charge in [0.05, 0.1) is 12.0 Å². The maximum absolute atomic E-state index is 12.4. The molecule has 0 spiro atoms. The van der Waals surface area contributed by atoms with E-state index >= 15 is 0 Å². The van der Waals surface area contributed by atoms with E-state index in [9.17, 15) is 14.7 Å². The van der Waals surface area contributed by atoms with Crippen LogP contribution in [0.15, 0.2) is 24.3 Å². The first-order valence-corrected chi connectivity index (χ1v) is 8.14. The van der Waals surface area contributed by atoms with E-state index in [0.717, 1.165) is 11.1 Å². The van der Waals surface area contributed by atoms with Crippen LogP contribution in [0, 0.1) is 6.92 Å². The van der Waals surface area contributed by atoms with Gasteiger partial charge in [0.2, 0.25) is 0 Å². The Morgan fingerprint density at radius 2 is 1.86 bits per heavy atom. The number of benzene rings is 1. The van der Waals surface area contributed by atoms with Crippen LogP contribution in [0.5, 0.6) is 0 Å². The molecule has 2 atom stereocenters. The zero-order valence-electron chi connectivity index (χ0n) is 13.2. The summed E-state index contributed by atoms with van der Waals surface area (Å²) in [5.41, 5.74) is 1.30. The van der Waals surface area contributed by atoms with Gasteiger partial charge in [-0.3, -0.25) is 4.90 Å². The molecule has 0 N–H and O–H groups in total. The second kappa shape index (κ2) is 6.20. The quantitative estimate of drug-likeness (QED) is 0.834. The lowest BCUT2D eigenvalue weighted by atomic mass is 10.1. The number of ether oxygens (including phenoxy) is 1. The van der Waals surface area contributed by atoms with E-state index in [4.69, 9.17) is 4.74 Å². The molecule has 1 aliphatic rings. The molecule has 1 saturated heterocycles. The highest BCUT2D eigenvalue weighted by Crippen LogP contribution is 2.42. The van der Waals surface area contributed by atoms with Crippen molar-refractivity contribution in [2.45, 2.75) is 44.7 Å². The van der Waals surface area contributed by atoms with Crippen molar-refractivity contribution in [3.05, 3.63) is 35.4 Å². The summed E-state index contributed by atoms with van der Waals surface area (Å²) in [6.07, 6.45) is -0.628. The molecule has 0 aliphatic carbocycles. The Bertz CT molecular complexity index is 565. The fourth-order valence-corrected chi connectivity index (χ4v) is 3.62. The summed E-state index contributed by atoms with van der Waals surface area (Å²) < 4.78 is 5.36. The Morgan fingerprint density at radius 1 is 1.27 bits per heavy atom. The first-order valence-electron chi connectivity index (χ1n) is 7.09. The molecule has 1 aliphatic heterocycles. The molecular formula is C16H20NO4S-. The zero-order valence-corrected chi connectivity index (χ0v) is 14.0. The molecule has 1 heterocycles. The number of carbonyl (C=O) groups is 2. The third-order valence-electron chi connectivity index (χ3n) is 3.24. The van der Waals surface area contributed by atoms with Crippen LogP contribution in [-0.2, 0) is 9.53 Å². The normalized spacial score (nSPS) is 21.7. The van der Waals surface area contributed by atoms with Crippen molar-refractivity contribution in [2.75, 3.05) is 5.75 Å². The second-order valence-corrected chi connectivity index (χ2v) is 7.43. The summed E-state index contributed by atoms with van der Waals surface area (Å²) in [5.74, 6) is -0.965. The Morgan fingerprint density at radius 3 is 2.36 bits per heavy atom. The van der Waals surface area contributed by atoms with Gasteiger partial charge in [-0.1, -0.05) is 29.8 Å². The lowest BCUT2D eigenvalue weighted by Gasteiger charge is -2.32. The number of aryl methyl sites for hydroxylation is 1. The molecule has 0 radical (unpaired) electrons. The largest absolute Gasteiger partial charge is 0.548 e. The number of hydrogen-bond acceptors (Lipinski definition) is 5. The number of thioether (sulfide) groups is 1. The van der Waals surface area contributed by atoms with Gasteiger partial charge < -0.3 is 14.6 Å². The lowest BCUT2D eigenvalue weighted by Crippen LogP contribution is -2.50. The Kier molecular flexibility index (Phi) is 4.70. The van der Waals surface area contributed by atoms with Gasteiger partial charge in [0.25, 0.3) is 0 Å². The molecule has 0 bridgehead atoms. The van der Waals surface area contributed by atoms with Crippen molar-refractivity contribution >= 4 is 23.8 Å². The number of carboxylic acid groups (broad SMARTS) is 1. The highest BCUT2D eigenvalue weighted by molar-refractivity contribution is 7.99. The van der Waals surface area contributed by atoms with Gasteiger partial charge in [0.15, 0.2) is 0 Å². The van der Waals surface area contributed by atoms with Crippen LogP contribution in [0.1, 0.15) is 37.3 Å². The van der Waals surface area contributed by atoms with Gasteiger partial charge in [-0.2, -0.15) is 0 Å². The molecule has 0 unspecified atom stereocenters. The summed E-state index contributed by atoms with van der Waals surface area (Å²) in [6.45, 7) is 7.23. The molecule has 0 aromatic heterocycles.